The number of halogens is 1. The van der Waals surface area contributed by atoms with E-state index in [1.807, 2.05) is 31.2 Å². The Kier molecular flexibility index (Phi) is 10.2. The van der Waals surface area contributed by atoms with Gasteiger partial charge in [0.15, 0.2) is 5.96 Å². The van der Waals surface area contributed by atoms with Crippen LogP contribution in [-0.4, -0.2) is 61.5 Å². The Hall–Kier alpha value is -2.36. The van der Waals surface area contributed by atoms with Gasteiger partial charge in [-0.3, -0.25) is 4.79 Å². The Balaban J connectivity index is 0.00000363. The third-order valence-corrected chi connectivity index (χ3v) is 5.56. The van der Waals surface area contributed by atoms with Crippen LogP contribution in [0.5, 0.6) is 0 Å². The number of rotatable bonds is 6. The van der Waals surface area contributed by atoms with E-state index in [9.17, 15) is 4.79 Å². The van der Waals surface area contributed by atoms with Crippen molar-refractivity contribution in [3.63, 3.8) is 0 Å². The van der Waals surface area contributed by atoms with Crippen LogP contribution in [-0.2, 0) is 4.79 Å². The molecule has 1 aliphatic heterocycles. The standard InChI is InChI=1S/C24H34N6O.HI/c1-18-9-8-12-22(26-18)30-15-13-21(14-16-30)28-24(25-17-23(31)29(3)4)27-19(2)20-10-6-5-7-11-20;/h5-12,19,21H,13-17H2,1-4H3,(H2,25,27,28);1H. The Bertz CT molecular complexity index is 881. The molecule has 1 aromatic carbocycles. The number of guanidine groups is 1. The fourth-order valence-electron chi connectivity index (χ4n) is 3.60. The number of pyridine rings is 1. The highest BCUT2D eigenvalue weighted by Gasteiger charge is 2.22. The molecule has 3 rings (SSSR count). The van der Waals surface area contributed by atoms with Gasteiger partial charge in [-0.05, 0) is 44.4 Å². The molecule has 2 aromatic rings. The summed E-state index contributed by atoms with van der Waals surface area (Å²) in [6, 6.07) is 16.8. The quantitative estimate of drug-likeness (QED) is 0.328. The highest BCUT2D eigenvalue weighted by molar-refractivity contribution is 14.0. The van der Waals surface area contributed by atoms with E-state index in [-0.39, 0.29) is 42.5 Å². The van der Waals surface area contributed by atoms with E-state index in [2.05, 4.69) is 56.7 Å². The first-order valence-electron chi connectivity index (χ1n) is 10.9. The van der Waals surface area contributed by atoms with Crippen LogP contribution < -0.4 is 15.5 Å². The number of aromatic nitrogens is 1. The Morgan fingerprint density at radius 3 is 2.47 bits per heavy atom. The summed E-state index contributed by atoms with van der Waals surface area (Å²) in [4.78, 5) is 25.2. The Morgan fingerprint density at radius 2 is 1.84 bits per heavy atom. The van der Waals surface area contributed by atoms with Crippen molar-refractivity contribution in [3.8, 4) is 0 Å². The molecule has 1 atom stereocenters. The highest BCUT2D eigenvalue weighted by Crippen LogP contribution is 2.18. The minimum atomic E-state index is -0.0196. The average Bonchev–Trinajstić information content (AvgIpc) is 2.78. The van der Waals surface area contributed by atoms with Crippen LogP contribution in [0.2, 0.25) is 0 Å². The molecule has 1 aromatic heterocycles. The van der Waals surface area contributed by atoms with Gasteiger partial charge in [-0.15, -0.1) is 24.0 Å². The monoisotopic (exact) mass is 550 g/mol. The number of likely N-dealkylation sites (N-methyl/N-ethyl adjacent to an activating group) is 1. The normalized spacial score (nSPS) is 15.5. The van der Waals surface area contributed by atoms with Gasteiger partial charge in [0.25, 0.3) is 0 Å². The summed E-state index contributed by atoms with van der Waals surface area (Å²) in [5.74, 6) is 1.70. The number of piperidine rings is 1. The van der Waals surface area contributed by atoms with Crippen LogP contribution in [0.15, 0.2) is 53.5 Å². The van der Waals surface area contributed by atoms with Crippen molar-refractivity contribution in [2.75, 3.05) is 38.6 Å². The van der Waals surface area contributed by atoms with Crippen LogP contribution in [0.4, 0.5) is 5.82 Å². The van der Waals surface area contributed by atoms with E-state index >= 15 is 0 Å². The second-order valence-corrected chi connectivity index (χ2v) is 8.27. The zero-order valence-corrected chi connectivity index (χ0v) is 21.7. The minimum absolute atomic E-state index is 0. The summed E-state index contributed by atoms with van der Waals surface area (Å²) in [7, 11) is 3.50. The van der Waals surface area contributed by atoms with Gasteiger partial charge in [-0.2, -0.15) is 0 Å². The van der Waals surface area contributed by atoms with Gasteiger partial charge in [-0.1, -0.05) is 36.4 Å². The summed E-state index contributed by atoms with van der Waals surface area (Å²) in [5, 5.41) is 7.02. The molecule has 174 valence electrons. The third-order valence-electron chi connectivity index (χ3n) is 5.56. The summed E-state index contributed by atoms with van der Waals surface area (Å²) in [6.45, 7) is 6.12. The third kappa shape index (κ3) is 7.65. The van der Waals surface area contributed by atoms with E-state index in [1.54, 1.807) is 19.0 Å². The lowest BCUT2D eigenvalue weighted by atomic mass is 10.0. The molecule has 1 fully saturated rings. The molecule has 1 aliphatic rings. The van der Waals surface area contributed by atoms with Gasteiger partial charge in [0.2, 0.25) is 5.91 Å². The lowest BCUT2D eigenvalue weighted by Gasteiger charge is -2.34. The number of amides is 1. The fourth-order valence-corrected chi connectivity index (χ4v) is 3.60. The molecule has 2 N–H and O–H groups in total. The molecule has 8 heteroatoms. The first-order valence-corrected chi connectivity index (χ1v) is 10.9. The maximum atomic E-state index is 12.1. The van der Waals surface area contributed by atoms with E-state index in [0.29, 0.717) is 12.0 Å². The SMILES string of the molecule is Cc1cccc(N2CCC(NC(=NCC(=O)N(C)C)NC(C)c3ccccc3)CC2)n1.I. The van der Waals surface area contributed by atoms with Crippen molar-refractivity contribution >= 4 is 41.7 Å². The van der Waals surface area contributed by atoms with Gasteiger partial charge < -0.3 is 20.4 Å². The molecule has 2 heterocycles. The Morgan fingerprint density at radius 1 is 1.16 bits per heavy atom. The molecule has 1 unspecified atom stereocenters. The van der Waals surface area contributed by atoms with Crippen molar-refractivity contribution in [1.82, 2.24) is 20.5 Å². The molecule has 0 aliphatic carbocycles. The number of benzene rings is 1. The van der Waals surface area contributed by atoms with Gasteiger partial charge in [0, 0.05) is 38.9 Å². The number of anilines is 1. The smallest absolute Gasteiger partial charge is 0.243 e. The molecule has 7 nitrogen and oxygen atoms in total. The maximum absolute atomic E-state index is 12.1. The lowest BCUT2D eigenvalue weighted by Crippen LogP contribution is -2.49. The molecule has 0 spiro atoms. The van der Waals surface area contributed by atoms with Crippen molar-refractivity contribution in [2.24, 2.45) is 4.99 Å². The van der Waals surface area contributed by atoms with Crippen LogP contribution >= 0.6 is 24.0 Å². The molecule has 1 amide bonds. The molecular formula is C24H35IN6O. The number of carbonyl (C=O) groups is 1. The van der Waals surface area contributed by atoms with Gasteiger partial charge in [0.1, 0.15) is 12.4 Å². The van der Waals surface area contributed by atoms with Crippen LogP contribution in [0.1, 0.15) is 37.1 Å². The van der Waals surface area contributed by atoms with Crippen molar-refractivity contribution in [3.05, 3.63) is 59.8 Å². The number of nitrogens with one attached hydrogen (secondary N) is 2. The summed E-state index contributed by atoms with van der Waals surface area (Å²) >= 11 is 0. The second-order valence-electron chi connectivity index (χ2n) is 8.27. The first-order chi connectivity index (χ1) is 14.9. The first kappa shape index (κ1) is 25.9. The number of aliphatic imine (C=N–C) groups is 1. The zero-order chi connectivity index (χ0) is 22.2. The van der Waals surface area contributed by atoms with Gasteiger partial charge >= 0.3 is 0 Å². The van der Waals surface area contributed by atoms with Crippen LogP contribution in [0, 0.1) is 6.92 Å². The fraction of sp³-hybridized carbons (Fsp3) is 0.458. The molecule has 32 heavy (non-hydrogen) atoms. The van der Waals surface area contributed by atoms with E-state index in [1.165, 1.54) is 5.56 Å². The maximum Gasteiger partial charge on any atom is 0.243 e. The minimum Gasteiger partial charge on any atom is -0.356 e. The topological polar surface area (TPSA) is 72.9 Å². The van der Waals surface area contributed by atoms with Crippen molar-refractivity contribution in [2.45, 2.75) is 38.8 Å². The largest absolute Gasteiger partial charge is 0.356 e. The van der Waals surface area contributed by atoms with E-state index in [4.69, 9.17) is 0 Å². The molecule has 1 saturated heterocycles. The van der Waals surface area contributed by atoms with Gasteiger partial charge in [-0.25, -0.2) is 9.98 Å². The molecule has 0 radical (unpaired) electrons. The lowest BCUT2D eigenvalue weighted by molar-refractivity contribution is -0.127. The highest BCUT2D eigenvalue weighted by atomic mass is 127. The predicted octanol–water partition coefficient (Wildman–Crippen LogP) is 3.36. The molecule has 0 bridgehead atoms. The Labute approximate surface area is 208 Å². The average molecular weight is 550 g/mol. The molecule has 0 saturated carbocycles. The summed E-state index contributed by atoms with van der Waals surface area (Å²) < 4.78 is 0. The van der Waals surface area contributed by atoms with Crippen LogP contribution in [0.25, 0.3) is 0 Å². The molecular weight excluding hydrogens is 515 g/mol. The van der Waals surface area contributed by atoms with E-state index < -0.39 is 0 Å². The summed E-state index contributed by atoms with van der Waals surface area (Å²) in [6.07, 6.45) is 1.97. The van der Waals surface area contributed by atoms with Gasteiger partial charge in [0.05, 0.1) is 6.04 Å². The van der Waals surface area contributed by atoms with Crippen molar-refractivity contribution < 1.29 is 4.79 Å². The van der Waals surface area contributed by atoms with E-state index in [0.717, 1.165) is 37.4 Å². The number of carbonyl (C=O) groups excluding carboxylic acids is 1. The number of nitrogens with zero attached hydrogens (tertiary/aromatic N) is 4. The van der Waals surface area contributed by atoms with Crippen LogP contribution in [0.3, 0.4) is 0 Å². The number of aryl methyl sites for hydroxylation is 1. The zero-order valence-electron chi connectivity index (χ0n) is 19.4. The predicted molar refractivity (Wildman–Crippen MR) is 142 cm³/mol. The second kappa shape index (κ2) is 12.6. The number of hydrogen-bond acceptors (Lipinski definition) is 4. The summed E-state index contributed by atoms with van der Waals surface area (Å²) in [5.41, 5.74) is 2.22. The number of hydrogen-bond donors (Lipinski definition) is 2. The van der Waals surface area contributed by atoms with Crippen molar-refractivity contribution in [1.29, 1.82) is 0 Å².